The third-order valence-corrected chi connectivity index (χ3v) is 3.65. The first-order valence-electron chi connectivity index (χ1n) is 6.14. The fraction of sp³-hybridized carbons (Fsp3) is 0.0625. The molecule has 0 aliphatic carbocycles. The molecule has 2 aromatic rings. The topological polar surface area (TPSA) is 12.4 Å². The molecule has 94 valence electrons. The molecule has 19 heavy (non-hydrogen) atoms. The zero-order valence-corrected chi connectivity index (χ0v) is 11.4. The van der Waals surface area contributed by atoms with E-state index >= 15 is 0 Å². The van der Waals surface area contributed by atoms with Crippen LogP contribution in [0, 0.1) is 0 Å². The number of aliphatic imine (C=N–C) groups is 1. The van der Waals surface area contributed by atoms with Crippen LogP contribution in [0.3, 0.4) is 0 Å². The van der Waals surface area contributed by atoms with Gasteiger partial charge in [0.15, 0.2) is 0 Å². The summed E-state index contributed by atoms with van der Waals surface area (Å²) in [6.07, 6.45) is 3.94. The lowest BCUT2D eigenvalue weighted by molar-refractivity contribution is 0.667. The predicted molar refractivity (Wildman–Crippen MR) is 81.3 cm³/mol. The standard InChI is InChI=1S/C16H14ClN2/c1-19(15-5-3-2-4-6-15)12-11-18-16(19)13-7-9-14(17)10-8-13/h2-12H,1H3/q+1. The van der Waals surface area contributed by atoms with Crippen molar-refractivity contribution in [3.05, 3.63) is 77.6 Å². The summed E-state index contributed by atoms with van der Waals surface area (Å²) in [5, 5.41) is 0.740. The van der Waals surface area contributed by atoms with Gasteiger partial charge < -0.3 is 0 Å². The molecule has 0 radical (unpaired) electrons. The quantitative estimate of drug-likeness (QED) is 0.724. The van der Waals surface area contributed by atoms with E-state index in [1.165, 1.54) is 5.69 Å². The van der Waals surface area contributed by atoms with Gasteiger partial charge in [-0.2, -0.15) is 4.99 Å². The molecule has 0 saturated heterocycles. The van der Waals surface area contributed by atoms with E-state index in [0.29, 0.717) is 4.48 Å². The van der Waals surface area contributed by atoms with E-state index in [9.17, 15) is 0 Å². The van der Waals surface area contributed by atoms with Crippen LogP contribution in [0.25, 0.3) is 0 Å². The minimum absolute atomic E-state index is 0.572. The maximum atomic E-state index is 5.95. The van der Waals surface area contributed by atoms with Crippen molar-refractivity contribution in [2.75, 3.05) is 7.05 Å². The van der Waals surface area contributed by atoms with E-state index in [1.807, 2.05) is 48.7 Å². The van der Waals surface area contributed by atoms with Crippen LogP contribution in [0.15, 0.2) is 72.0 Å². The second-order valence-electron chi connectivity index (χ2n) is 4.67. The molecule has 1 unspecified atom stereocenters. The Morgan fingerprint density at radius 2 is 1.63 bits per heavy atom. The number of halogens is 1. The number of nitrogens with zero attached hydrogens (tertiary/aromatic N) is 2. The third kappa shape index (κ3) is 2.09. The molecular formula is C16H14ClN2+. The van der Waals surface area contributed by atoms with Crippen LogP contribution in [0.4, 0.5) is 5.69 Å². The van der Waals surface area contributed by atoms with Gasteiger partial charge in [0.05, 0.1) is 18.8 Å². The van der Waals surface area contributed by atoms with Crippen LogP contribution in [-0.2, 0) is 0 Å². The largest absolute Gasteiger partial charge is 0.244 e. The summed E-state index contributed by atoms with van der Waals surface area (Å²) < 4.78 is 0.572. The highest BCUT2D eigenvalue weighted by atomic mass is 35.5. The molecule has 0 saturated carbocycles. The first kappa shape index (κ1) is 12.2. The van der Waals surface area contributed by atoms with E-state index in [0.717, 1.165) is 16.4 Å². The molecule has 0 bridgehead atoms. The first-order chi connectivity index (χ1) is 9.20. The summed E-state index contributed by atoms with van der Waals surface area (Å²) in [4.78, 5) is 4.53. The monoisotopic (exact) mass is 269 g/mol. The van der Waals surface area contributed by atoms with Crippen molar-refractivity contribution < 1.29 is 0 Å². The minimum atomic E-state index is 0.572. The molecular weight excluding hydrogens is 256 g/mol. The van der Waals surface area contributed by atoms with Gasteiger partial charge in [0.2, 0.25) is 5.84 Å². The maximum Gasteiger partial charge on any atom is 0.244 e. The molecule has 0 spiro atoms. The van der Waals surface area contributed by atoms with E-state index in [1.54, 1.807) is 0 Å². The van der Waals surface area contributed by atoms with Crippen molar-refractivity contribution in [2.24, 2.45) is 4.99 Å². The Kier molecular flexibility index (Phi) is 2.97. The van der Waals surface area contributed by atoms with E-state index in [2.05, 4.69) is 30.4 Å². The molecule has 1 aliphatic heterocycles. The van der Waals surface area contributed by atoms with Crippen LogP contribution >= 0.6 is 11.6 Å². The molecule has 0 amide bonds. The maximum absolute atomic E-state index is 5.95. The van der Waals surface area contributed by atoms with Crippen molar-refractivity contribution in [1.82, 2.24) is 4.48 Å². The molecule has 0 fully saturated rings. The van der Waals surface area contributed by atoms with Gasteiger partial charge in [0.1, 0.15) is 11.9 Å². The summed E-state index contributed by atoms with van der Waals surface area (Å²) in [5.74, 6) is 1.00. The fourth-order valence-corrected chi connectivity index (χ4v) is 2.44. The third-order valence-electron chi connectivity index (χ3n) is 3.40. The minimum Gasteiger partial charge on any atom is -0.217 e. The van der Waals surface area contributed by atoms with Crippen molar-refractivity contribution in [3.8, 4) is 0 Å². The molecule has 3 rings (SSSR count). The molecule has 1 atom stereocenters. The summed E-state index contributed by atoms with van der Waals surface area (Å²) in [6, 6.07) is 18.1. The molecule has 1 aliphatic rings. The number of quaternary nitrogens is 1. The van der Waals surface area contributed by atoms with Crippen molar-refractivity contribution in [1.29, 1.82) is 0 Å². The average Bonchev–Trinajstić information content (AvgIpc) is 2.84. The lowest BCUT2D eigenvalue weighted by Gasteiger charge is -2.27. The highest BCUT2D eigenvalue weighted by Crippen LogP contribution is 2.28. The Morgan fingerprint density at radius 1 is 0.947 bits per heavy atom. The fourth-order valence-electron chi connectivity index (χ4n) is 2.32. The van der Waals surface area contributed by atoms with Crippen molar-refractivity contribution in [3.63, 3.8) is 0 Å². The van der Waals surface area contributed by atoms with Gasteiger partial charge in [-0.25, -0.2) is 4.48 Å². The smallest absolute Gasteiger partial charge is 0.217 e. The van der Waals surface area contributed by atoms with Gasteiger partial charge in [-0.3, -0.25) is 0 Å². The van der Waals surface area contributed by atoms with Gasteiger partial charge in [-0.05, 0) is 36.4 Å². The lowest BCUT2D eigenvalue weighted by atomic mass is 10.1. The van der Waals surface area contributed by atoms with E-state index < -0.39 is 0 Å². The van der Waals surface area contributed by atoms with Gasteiger partial charge in [0, 0.05) is 5.02 Å². The van der Waals surface area contributed by atoms with Crippen LogP contribution in [-0.4, -0.2) is 12.9 Å². The van der Waals surface area contributed by atoms with Gasteiger partial charge in [0.25, 0.3) is 0 Å². The van der Waals surface area contributed by atoms with Crippen LogP contribution < -0.4 is 4.48 Å². The van der Waals surface area contributed by atoms with E-state index in [-0.39, 0.29) is 0 Å². The number of amidine groups is 1. The Labute approximate surface area is 117 Å². The Balaban J connectivity index is 2.06. The molecule has 2 nitrogen and oxygen atoms in total. The number of benzene rings is 2. The normalized spacial score (nSPS) is 21.5. The molecule has 0 aromatic heterocycles. The highest BCUT2D eigenvalue weighted by Gasteiger charge is 2.34. The molecule has 2 aromatic carbocycles. The number of hydrogen-bond acceptors (Lipinski definition) is 1. The number of hydrogen-bond donors (Lipinski definition) is 0. The Hall–Kier alpha value is -1.90. The zero-order chi connectivity index (χ0) is 13.3. The number of para-hydroxylation sites is 1. The highest BCUT2D eigenvalue weighted by molar-refractivity contribution is 6.30. The van der Waals surface area contributed by atoms with Crippen LogP contribution in [0.5, 0.6) is 0 Å². The summed E-state index contributed by atoms with van der Waals surface area (Å²) >= 11 is 5.95. The van der Waals surface area contributed by atoms with E-state index in [4.69, 9.17) is 11.6 Å². The summed E-state index contributed by atoms with van der Waals surface area (Å²) in [7, 11) is 2.13. The lowest BCUT2D eigenvalue weighted by Crippen LogP contribution is -2.43. The first-order valence-corrected chi connectivity index (χ1v) is 6.52. The second kappa shape index (κ2) is 4.65. The number of rotatable bonds is 2. The van der Waals surface area contributed by atoms with Gasteiger partial charge in [-0.1, -0.05) is 29.8 Å². The molecule has 3 heteroatoms. The Bertz CT molecular complexity index is 644. The second-order valence-corrected chi connectivity index (χ2v) is 5.11. The van der Waals surface area contributed by atoms with Crippen LogP contribution in [0.2, 0.25) is 5.02 Å². The summed E-state index contributed by atoms with van der Waals surface area (Å²) in [5.41, 5.74) is 2.27. The SMILES string of the molecule is C[N+]1(c2ccccc2)C=CN=C1c1ccc(Cl)cc1. The molecule has 0 N–H and O–H groups in total. The van der Waals surface area contributed by atoms with Gasteiger partial charge >= 0.3 is 0 Å². The predicted octanol–water partition coefficient (Wildman–Crippen LogP) is 4.21. The Morgan fingerprint density at radius 3 is 2.32 bits per heavy atom. The molecule has 1 heterocycles. The zero-order valence-electron chi connectivity index (χ0n) is 10.6. The van der Waals surface area contributed by atoms with Crippen molar-refractivity contribution >= 4 is 23.1 Å². The van der Waals surface area contributed by atoms with Crippen LogP contribution in [0.1, 0.15) is 5.56 Å². The summed E-state index contributed by atoms with van der Waals surface area (Å²) in [6.45, 7) is 0. The average molecular weight is 270 g/mol. The van der Waals surface area contributed by atoms with Gasteiger partial charge in [-0.15, -0.1) is 0 Å². The van der Waals surface area contributed by atoms with Crippen molar-refractivity contribution in [2.45, 2.75) is 0 Å².